The number of allylic oxidation sites excluding steroid dienone is 4. The molecule has 0 spiro atoms. The Hall–Kier alpha value is -1.17. The molecule has 1 fully saturated rings. The van der Waals surface area contributed by atoms with Crippen LogP contribution in [0.1, 0.15) is 103 Å². The van der Waals surface area contributed by atoms with E-state index < -0.39 is 6.04 Å². The number of hydrogen-bond donors (Lipinski definition) is 2. The van der Waals surface area contributed by atoms with Crippen LogP contribution in [0.4, 0.5) is 0 Å². The minimum atomic E-state index is -0.412. The van der Waals surface area contributed by atoms with Crippen molar-refractivity contribution in [3.05, 3.63) is 24.3 Å². The van der Waals surface area contributed by atoms with Gasteiger partial charge in [0.2, 0.25) is 5.91 Å². The van der Waals surface area contributed by atoms with Crippen molar-refractivity contribution in [1.29, 1.82) is 0 Å². The van der Waals surface area contributed by atoms with Gasteiger partial charge in [0.1, 0.15) is 0 Å². The first-order valence-electron chi connectivity index (χ1n) is 13.3. The second-order valence-corrected chi connectivity index (χ2v) is 9.19. The van der Waals surface area contributed by atoms with Gasteiger partial charge in [0, 0.05) is 19.7 Å². The second kappa shape index (κ2) is 20.4. The molecular weight excluding hydrogens is 398 g/mol. The van der Waals surface area contributed by atoms with Crippen molar-refractivity contribution in [2.75, 3.05) is 26.2 Å². The van der Waals surface area contributed by atoms with Gasteiger partial charge in [0.05, 0.1) is 12.1 Å². The Morgan fingerprint density at radius 3 is 2.31 bits per heavy atom. The summed E-state index contributed by atoms with van der Waals surface area (Å²) in [5, 5.41) is 0. The van der Waals surface area contributed by atoms with Gasteiger partial charge in [-0.2, -0.15) is 0 Å². The van der Waals surface area contributed by atoms with Gasteiger partial charge in [0.15, 0.2) is 0 Å². The molecule has 0 unspecified atom stereocenters. The molecule has 0 radical (unpaired) electrons. The fourth-order valence-corrected chi connectivity index (χ4v) is 4.10. The Balaban J connectivity index is 1.89. The van der Waals surface area contributed by atoms with Crippen LogP contribution in [0.5, 0.6) is 0 Å². The highest BCUT2D eigenvalue weighted by molar-refractivity contribution is 5.81. The number of ether oxygens (including phenoxy) is 1. The van der Waals surface area contributed by atoms with Crippen LogP contribution in [0, 0.1) is 0 Å². The predicted octanol–water partition coefficient (Wildman–Crippen LogP) is 5.48. The number of amides is 1. The Morgan fingerprint density at radius 2 is 1.62 bits per heavy atom. The van der Waals surface area contributed by atoms with E-state index in [2.05, 4.69) is 31.2 Å². The number of carbonyl (C=O) groups excluding carboxylic acids is 1. The van der Waals surface area contributed by atoms with Crippen molar-refractivity contribution < 1.29 is 9.53 Å². The maximum atomic E-state index is 12.3. The van der Waals surface area contributed by atoms with Gasteiger partial charge in [-0.3, -0.25) is 4.79 Å². The fraction of sp³-hybridized carbons (Fsp3) is 0.815. The van der Waals surface area contributed by atoms with E-state index in [4.69, 9.17) is 16.2 Å². The lowest BCUT2D eigenvalue weighted by Crippen LogP contribution is -2.43. The van der Waals surface area contributed by atoms with E-state index in [-0.39, 0.29) is 12.0 Å². The minimum absolute atomic E-state index is 0.0540. The molecule has 0 aromatic rings. The highest BCUT2D eigenvalue weighted by Gasteiger charge is 2.29. The zero-order chi connectivity index (χ0) is 23.3. The largest absolute Gasteiger partial charge is 0.376 e. The molecule has 1 aliphatic heterocycles. The van der Waals surface area contributed by atoms with Gasteiger partial charge >= 0.3 is 0 Å². The van der Waals surface area contributed by atoms with Crippen LogP contribution in [-0.2, 0) is 9.53 Å². The average Bonchev–Trinajstić information content (AvgIpc) is 3.27. The number of hydrogen-bond acceptors (Lipinski definition) is 4. The molecule has 4 N–H and O–H groups in total. The van der Waals surface area contributed by atoms with Gasteiger partial charge in [-0.1, -0.05) is 69.8 Å². The third-order valence-corrected chi connectivity index (χ3v) is 6.19. The molecule has 32 heavy (non-hydrogen) atoms. The van der Waals surface area contributed by atoms with Gasteiger partial charge in [0.25, 0.3) is 0 Å². The maximum Gasteiger partial charge on any atom is 0.239 e. The molecule has 2 atom stereocenters. The normalized spacial score (nSPS) is 17.7. The molecule has 5 heteroatoms. The number of unbranched alkanes of at least 4 members (excludes halogenated alkanes) is 9. The summed E-state index contributed by atoms with van der Waals surface area (Å²) < 4.78 is 5.99. The number of likely N-dealkylation sites (tertiary alicyclic amines) is 1. The quantitative estimate of drug-likeness (QED) is 0.190. The van der Waals surface area contributed by atoms with Crippen molar-refractivity contribution in [2.24, 2.45) is 11.5 Å². The molecule has 1 aliphatic rings. The summed E-state index contributed by atoms with van der Waals surface area (Å²) in [4.78, 5) is 14.2. The SMILES string of the molecule is CCCCC/C=C\C/C=C\CCCCCCCCO[C@H]1CCN(C(=O)[C@@H](N)CCCN)C1. The molecule has 1 saturated heterocycles. The second-order valence-electron chi connectivity index (χ2n) is 9.19. The van der Waals surface area contributed by atoms with E-state index in [1.807, 2.05) is 4.90 Å². The highest BCUT2D eigenvalue weighted by Crippen LogP contribution is 2.16. The molecule has 1 rings (SSSR count). The van der Waals surface area contributed by atoms with E-state index in [1.165, 1.54) is 64.2 Å². The Kier molecular flexibility index (Phi) is 18.4. The first-order chi connectivity index (χ1) is 15.7. The lowest BCUT2D eigenvalue weighted by molar-refractivity contribution is -0.132. The summed E-state index contributed by atoms with van der Waals surface area (Å²) in [6.45, 7) is 5.10. The maximum absolute atomic E-state index is 12.3. The Bertz CT molecular complexity index is 507. The van der Waals surface area contributed by atoms with E-state index >= 15 is 0 Å². The molecule has 0 aliphatic carbocycles. The van der Waals surface area contributed by atoms with Gasteiger partial charge < -0.3 is 21.1 Å². The number of rotatable bonds is 20. The minimum Gasteiger partial charge on any atom is -0.376 e. The highest BCUT2D eigenvalue weighted by atomic mass is 16.5. The van der Waals surface area contributed by atoms with Crippen LogP contribution in [0.2, 0.25) is 0 Å². The van der Waals surface area contributed by atoms with Crippen molar-refractivity contribution in [3.63, 3.8) is 0 Å². The monoisotopic (exact) mass is 449 g/mol. The molecular formula is C27H51N3O2. The van der Waals surface area contributed by atoms with Gasteiger partial charge in [-0.25, -0.2) is 0 Å². The lowest BCUT2D eigenvalue weighted by Gasteiger charge is -2.20. The van der Waals surface area contributed by atoms with E-state index in [0.717, 1.165) is 38.8 Å². The summed E-state index contributed by atoms with van der Waals surface area (Å²) in [5.74, 6) is 0.0540. The smallest absolute Gasteiger partial charge is 0.239 e. The van der Waals surface area contributed by atoms with Crippen LogP contribution in [-0.4, -0.2) is 49.2 Å². The van der Waals surface area contributed by atoms with Gasteiger partial charge in [-0.05, 0) is 64.3 Å². The van der Waals surface area contributed by atoms with Crippen molar-refractivity contribution in [1.82, 2.24) is 4.90 Å². The third-order valence-electron chi connectivity index (χ3n) is 6.19. The first kappa shape index (κ1) is 28.9. The summed E-state index contributed by atoms with van der Waals surface area (Å²) >= 11 is 0. The van der Waals surface area contributed by atoms with Crippen molar-refractivity contribution in [2.45, 2.75) is 115 Å². The zero-order valence-corrected chi connectivity index (χ0v) is 20.8. The van der Waals surface area contributed by atoms with Crippen molar-refractivity contribution >= 4 is 5.91 Å². The number of nitrogens with zero attached hydrogens (tertiary/aromatic N) is 1. The lowest BCUT2D eigenvalue weighted by atomic mass is 10.1. The zero-order valence-electron chi connectivity index (χ0n) is 20.8. The molecule has 0 bridgehead atoms. The van der Waals surface area contributed by atoms with E-state index in [1.54, 1.807) is 0 Å². The van der Waals surface area contributed by atoms with Crippen LogP contribution in [0.25, 0.3) is 0 Å². The van der Waals surface area contributed by atoms with Gasteiger partial charge in [-0.15, -0.1) is 0 Å². The van der Waals surface area contributed by atoms with Crippen LogP contribution < -0.4 is 11.5 Å². The van der Waals surface area contributed by atoms with Crippen molar-refractivity contribution in [3.8, 4) is 0 Å². The molecule has 186 valence electrons. The Morgan fingerprint density at radius 1 is 0.969 bits per heavy atom. The summed E-state index contributed by atoms with van der Waals surface area (Å²) in [6, 6.07) is -0.412. The average molecular weight is 450 g/mol. The summed E-state index contributed by atoms with van der Waals surface area (Å²) in [7, 11) is 0. The van der Waals surface area contributed by atoms with Crippen LogP contribution in [0.3, 0.4) is 0 Å². The Labute approximate surface area is 198 Å². The molecule has 0 aromatic heterocycles. The molecule has 0 aromatic carbocycles. The van der Waals surface area contributed by atoms with E-state index in [0.29, 0.717) is 19.5 Å². The fourth-order valence-electron chi connectivity index (χ4n) is 4.10. The predicted molar refractivity (Wildman–Crippen MR) is 137 cm³/mol. The van der Waals surface area contributed by atoms with Crippen LogP contribution >= 0.6 is 0 Å². The molecule has 0 saturated carbocycles. The van der Waals surface area contributed by atoms with Crippen LogP contribution in [0.15, 0.2) is 24.3 Å². The first-order valence-corrected chi connectivity index (χ1v) is 13.3. The molecule has 1 heterocycles. The number of nitrogens with two attached hydrogens (primary N) is 2. The summed E-state index contributed by atoms with van der Waals surface area (Å²) in [6.07, 6.45) is 26.9. The number of carbonyl (C=O) groups is 1. The standard InChI is InChI=1S/C27H51N3O2/c1-2-3-4-5-6-7-8-9-10-11-12-13-14-15-16-17-23-32-25-20-22-30(24-25)27(31)26(29)19-18-21-28/h6-7,9-10,25-26H,2-5,8,11-24,28-29H2,1H3/b7-6-,10-9-/t25-,26-/m0/s1. The molecule has 1 amide bonds. The third kappa shape index (κ3) is 14.8. The van der Waals surface area contributed by atoms with E-state index in [9.17, 15) is 4.79 Å². The molecule has 5 nitrogen and oxygen atoms in total. The topological polar surface area (TPSA) is 81.6 Å². The summed E-state index contributed by atoms with van der Waals surface area (Å²) in [5.41, 5.74) is 11.5.